The highest BCUT2D eigenvalue weighted by atomic mass is 79.9. The number of carbonyl (C=O) groups is 1. The first-order chi connectivity index (χ1) is 20.6. The lowest BCUT2D eigenvalue weighted by Gasteiger charge is -2.36. The third kappa shape index (κ3) is 5.27. The van der Waals surface area contributed by atoms with Crippen molar-refractivity contribution in [2.45, 2.75) is 38.5 Å². The van der Waals surface area contributed by atoms with E-state index in [-0.39, 0.29) is 12.1 Å². The molecule has 0 unspecified atom stereocenters. The van der Waals surface area contributed by atoms with Gasteiger partial charge in [0, 0.05) is 49.5 Å². The van der Waals surface area contributed by atoms with E-state index in [1.54, 1.807) is 6.07 Å². The van der Waals surface area contributed by atoms with Crippen molar-refractivity contribution in [1.82, 2.24) is 19.4 Å². The number of nitrogens with zero attached hydrogens (tertiary/aromatic N) is 6. The van der Waals surface area contributed by atoms with Crippen molar-refractivity contribution >= 4 is 50.3 Å². The first-order valence-corrected chi connectivity index (χ1v) is 15.5. The van der Waals surface area contributed by atoms with Crippen molar-refractivity contribution < 1.29 is 14.3 Å². The summed E-state index contributed by atoms with van der Waals surface area (Å²) in [6.07, 6.45) is 3.43. The van der Waals surface area contributed by atoms with E-state index >= 15 is 0 Å². The van der Waals surface area contributed by atoms with Gasteiger partial charge in [-0.25, -0.2) is 14.8 Å². The summed E-state index contributed by atoms with van der Waals surface area (Å²) in [7, 11) is 1.41. The third-order valence-corrected chi connectivity index (χ3v) is 9.42. The molecule has 218 valence electrons. The van der Waals surface area contributed by atoms with Crippen molar-refractivity contribution in [3.8, 4) is 0 Å². The van der Waals surface area contributed by atoms with E-state index in [2.05, 4.69) is 71.6 Å². The first kappa shape index (κ1) is 27.4. The first-order valence-electron chi connectivity index (χ1n) is 14.8. The fourth-order valence-electron chi connectivity index (χ4n) is 6.27. The molecule has 0 amide bonds. The van der Waals surface area contributed by atoms with Crippen LogP contribution in [0.15, 0.2) is 59.1 Å². The topological polar surface area (TPSA) is 76.0 Å². The quantitative estimate of drug-likeness (QED) is 0.259. The molecule has 7 rings (SSSR count). The maximum Gasteiger partial charge on any atom is 0.337 e. The van der Waals surface area contributed by atoms with Gasteiger partial charge in [-0.1, -0.05) is 28.1 Å². The van der Waals surface area contributed by atoms with Crippen molar-refractivity contribution in [2.24, 2.45) is 0 Å². The minimum Gasteiger partial charge on any atom is -0.465 e. The molecular weight excluding hydrogens is 596 g/mol. The van der Waals surface area contributed by atoms with Crippen molar-refractivity contribution in [1.29, 1.82) is 0 Å². The van der Waals surface area contributed by atoms with E-state index in [1.807, 2.05) is 12.1 Å². The van der Waals surface area contributed by atoms with E-state index in [9.17, 15) is 4.79 Å². The number of hydrogen-bond acceptors (Lipinski definition) is 8. The summed E-state index contributed by atoms with van der Waals surface area (Å²) in [6, 6.07) is 18.4. The molecule has 3 aliphatic rings. The number of esters is 1. The van der Waals surface area contributed by atoms with Crippen LogP contribution in [-0.4, -0.2) is 77.9 Å². The zero-order valence-electron chi connectivity index (χ0n) is 23.8. The van der Waals surface area contributed by atoms with E-state index in [0.29, 0.717) is 5.56 Å². The van der Waals surface area contributed by atoms with Gasteiger partial charge in [-0.05, 0) is 67.3 Å². The van der Waals surface area contributed by atoms with Crippen molar-refractivity contribution in [3.05, 3.63) is 76.0 Å². The molecule has 0 N–H and O–H groups in total. The highest BCUT2D eigenvalue weighted by Crippen LogP contribution is 2.37. The zero-order valence-corrected chi connectivity index (χ0v) is 25.4. The van der Waals surface area contributed by atoms with Gasteiger partial charge in [0.05, 0.1) is 42.9 Å². The van der Waals surface area contributed by atoms with Gasteiger partial charge in [0.15, 0.2) is 0 Å². The van der Waals surface area contributed by atoms with E-state index in [0.717, 1.165) is 100 Å². The fourth-order valence-corrected chi connectivity index (χ4v) is 6.82. The maximum absolute atomic E-state index is 12.2. The van der Waals surface area contributed by atoms with Crippen LogP contribution < -0.4 is 9.80 Å². The molecule has 2 aromatic heterocycles. The molecule has 2 aromatic carbocycles. The molecule has 0 aliphatic carbocycles. The number of aromatic nitrogens is 3. The highest BCUT2D eigenvalue weighted by Gasteiger charge is 2.26. The summed E-state index contributed by atoms with van der Waals surface area (Å²) in [5, 5.41) is 0. The van der Waals surface area contributed by atoms with E-state index in [1.165, 1.54) is 22.8 Å². The third-order valence-electron chi connectivity index (χ3n) is 8.68. The van der Waals surface area contributed by atoms with Gasteiger partial charge in [0.1, 0.15) is 17.5 Å². The summed E-state index contributed by atoms with van der Waals surface area (Å²) in [6.45, 7) is 6.90. The normalized spacial score (nSPS) is 19.0. The van der Waals surface area contributed by atoms with E-state index in [4.69, 9.17) is 19.4 Å². The number of imidazole rings is 1. The number of methoxy groups -OCH3 is 1. The van der Waals surface area contributed by atoms with Crippen LogP contribution in [0.4, 0.5) is 17.3 Å². The Morgan fingerprint density at radius 3 is 2.62 bits per heavy atom. The minimum atomic E-state index is -0.336. The Morgan fingerprint density at radius 2 is 1.83 bits per heavy atom. The number of ether oxygens (including phenoxy) is 2. The van der Waals surface area contributed by atoms with Crippen LogP contribution in [-0.2, 0) is 29.0 Å². The second-order valence-electron chi connectivity index (χ2n) is 11.2. The van der Waals surface area contributed by atoms with Crippen LogP contribution in [0, 0.1) is 0 Å². The maximum atomic E-state index is 12.2. The number of pyridine rings is 1. The number of halogens is 1. The molecule has 0 spiro atoms. The van der Waals surface area contributed by atoms with Crippen molar-refractivity contribution in [2.75, 3.05) is 56.2 Å². The van der Waals surface area contributed by atoms with Crippen LogP contribution in [0.25, 0.3) is 11.0 Å². The molecular formula is C32H35BrN6O3. The van der Waals surface area contributed by atoms with Crippen LogP contribution in [0.1, 0.15) is 34.6 Å². The number of carbonyl (C=O) groups excluding carboxylic acids is 1. The second kappa shape index (κ2) is 11.7. The molecule has 4 aromatic rings. The average molecular weight is 632 g/mol. The monoisotopic (exact) mass is 630 g/mol. The predicted octanol–water partition coefficient (Wildman–Crippen LogP) is 5.18. The summed E-state index contributed by atoms with van der Waals surface area (Å²) in [4.78, 5) is 29.5. The lowest BCUT2D eigenvalue weighted by Crippen LogP contribution is -2.46. The van der Waals surface area contributed by atoms with Gasteiger partial charge in [-0.3, -0.25) is 4.90 Å². The van der Waals surface area contributed by atoms with Gasteiger partial charge in [-0.2, -0.15) is 0 Å². The molecule has 3 aliphatic heterocycles. The second-order valence-corrected chi connectivity index (χ2v) is 12.1. The highest BCUT2D eigenvalue weighted by molar-refractivity contribution is 9.10. The lowest BCUT2D eigenvalue weighted by molar-refractivity contribution is -0.0592. The van der Waals surface area contributed by atoms with Gasteiger partial charge in [-0.15, -0.1) is 0 Å². The Bertz CT molecular complexity index is 1610. The number of anilines is 3. The van der Waals surface area contributed by atoms with Gasteiger partial charge in [0.2, 0.25) is 0 Å². The van der Waals surface area contributed by atoms with E-state index < -0.39 is 0 Å². The molecule has 1 atom stereocenters. The Hall–Kier alpha value is -3.47. The summed E-state index contributed by atoms with van der Waals surface area (Å²) in [5.74, 6) is 2.70. The lowest BCUT2D eigenvalue weighted by atomic mass is 10.0. The van der Waals surface area contributed by atoms with Gasteiger partial charge < -0.3 is 23.8 Å². The number of benzene rings is 2. The van der Waals surface area contributed by atoms with Crippen LogP contribution in [0.2, 0.25) is 0 Å². The predicted molar refractivity (Wildman–Crippen MR) is 167 cm³/mol. The Morgan fingerprint density at radius 1 is 1.02 bits per heavy atom. The molecule has 10 heteroatoms. The fraction of sp³-hybridized carbons (Fsp3) is 0.406. The minimum absolute atomic E-state index is 0.186. The van der Waals surface area contributed by atoms with Gasteiger partial charge >= 0.3 is 5.97 Å². The van der Waals surface area contributed by atoms with Gasteiger partial charge in [0.25, 0.3) is 0 Å². The number of fused-ring (bicyclic) bond motifs is 2. The zero-order chi connectivity index (χ0) is 28.6. The Labute approximate surface area is 254 Å². The average Bonchev–Trinajstić information content (AvgIpc) is 3.34. The van der Waals surface area contributed by atoms with Crippen molar-refractivity contribution in [3.63, 3.8) is 0 Å². The molecule has 0 radical (unpaired) electrons. The molecule has 2 saturated heterocycles. The number of hydrogen-bond donors (Lipinski definition) is 0. The Kier molecular flexibility index (Phi) is 7.60. The summed E-state index contributed by atoms with van der Waals surface area (Å²) >= 11 is 3.74. The summed E-state index contributed by atoms with van der Waals surface area (Å²) < 4.78 is 14.1. The molecule has 0 saturated carbocycles. The molecule has 2 fully saturated rings. The molecule has 5 heterocycles. The standard InChI is InChI=1S/C32H35BrN6O3/c1-41-32(40)22-10-11-26-28(19-22)39(20-23-12-18-42-23)31(34-26)21-36-14-16-37(17-15-36)29-8-3-9-30(35-29)38-13-4-5-24-25(33)6-2-7-27(24)38/h2-3,6-11,19,23H,4-5,12-18,20-21H2,1H3/t23-/m0/s1. The smallest absolute Gasteiger partial charge is 0.337 e. The van der Waals surface area contributed by atoms with Crippen LogP contribution >= 0.6 is 15.9 Å². The van der Waals surface area contributed by atoms with Crippen LogP contribution in [0.5, 0.6) is 0 Å². The number of rotatable bonds is 7. The molecule has 9 nitrogen and oxygen atoms in total. The van der Waals surface area contributed by atoms with Crippen LogP contribution in [0.3, 0.4) is 0 Å². The Balaban J connectivity index is 1.06. The number of piperazine rings is 1. The SMILES string of the molecule is COC(=O)c1ccc2nc(CN3CCN(c4cccc(N5CCCc6c(Br)cccc65)n4)CC3)n(C[C@@H]3CCO3)c2c1. The largest absolute Gasteiger partial charge is 0.465 e. The molecule has 0 bridgehead atoms. The molecule has 42 heavy (non-hydrogen) atoms. The summed E-state index contributed by atoms with van der Waals surface area (Å²) in [5.41, 5.74) is 4.99.